The summed E-state index contributed by atoms with van der Waals surface area (Å²) < 4.78 is 2.96. The minimum atomic E-state index is 1.04. The monoisotopic (exact) mass is 234 g/mol. The highest BCUT2D eigenvalue weighted by Crippen LogP contribution is 2.06. The van der Waals surface area contributed by atoms with E-state index in [1.165, 1.54) is 0 Å². The lowest BCUT2D eigenvalue weighted by Gasteiger charge is -1.95. The van der Waals surface area contributed by atoms with E-state index < -0.39 is 0 Å². The zero-order valence-corrected chi connectivity index (χ0v) is 7.21. The molecule has 0 aromatic carbocycles. The maximum atomic E-state index is 4.08. The summed E-state index contributed by atoms with van der Waals surface area (Å²) in [7, 11) is 0. The van der Waals surface area contributed by atoms with Crippen LogP contribution in [-0.2, 0) is 0 Å². The first-order chi connectivity index (χ1) is 4.33. The van der Waals surface area contributed by atoms with E-state index >= 15 is 0 Å². The van der Waals surface area contributed by atoms with E-state index in [0.717, 1.165) is 11.4 Å². The van der Waals surface area contributed by atoms with Crippen LogP contribution in [0, 0.1) is 6.92 Å². The Morgan fingerprint density at radius 2 is 2.33 bits per heavy atom. The topological polar surface area (TPSA) is 24.9 Å². The van der Waals surface area contributed by atoms with Gasteiger partial charge in [0.2, 0.25) is 0 Å². The smallest absolute Gasteiger partial charge is 0.0613 e. The summed E-state index contributed by atoms with van der Waals surface area (Å²) in [6.07, 6.45) is 1.81. The third kappa shape index (κ3) is 1.82. The van der Waals surface area contributed by atoms with Crippen LogP contribution in [0.25, 0.3) is 0 Å². The lowest BCUT2D eigenvalue weighted by atomic mass is 10.4. The molecular weight excluding hydrogens is 227 g/mol. The molecule has 3 heteroatoms. The number of hydrogen-bond donors (Lipinski definition) is 1. The van der Waals surface area contributed by atoms with Crippen LogP contribution in [0.3, 0.4) is 0 Å². The predicted octanol–water partition coefficient (Wildman–Crippen LogP) is 2.15. The standard InChI is InChI=1S/C6H7IN2/c1-5-2-3-6(9-7)4-8-5/h2-4,9H,1H3. The number of aromatic nitrogens is 1. The van der Waals surface area contributed by atoms with E-state index in [-0.39, 0.29) is 0 Å². The van der Waals surface area contributed by atoms with Crippen LogP contribution in [0.5, 0.6) is 0 Å². The number of rotatable bonds is 1. The van der Waals surface area contributed by atoms with Gasteiger partial charge in [0.15, 0.2) is 0 Å². The van der Waals surface area contributed by atoms with Crippen molar-refractivity contribution < 1.29 is 0 Å². The number of nitrogens with one attached hydrogen (secondary N) is 1. The van der Waals surface area contributed by atoms with Gasteiger partial charge in [0, 0.05) is 5.69 Å². The Bertz CT molecular complexity index is 183. The number of nitrogens with zero attached hydrogens (tertiary/aromatic N) is 1. The average Bonchev–Trinajstić information content (AvgIpc) is 1.90. The molecular formula is C6H7IN2. The van der Waals surface area contributed by atoms with Crippen LogP contribution in [0.15, 0.2) is 18.3 Å². The SMILES string of the molecule is Cc1ccc(NI)cn1. The second-order valence-corrected chi connectivity index (χ2v) is 2.32. The van der Waals surface area contributed by atoms with Gasteiger partial charge >= 0.3 is 0 Å². The molecule has 1 aromatic heterocycles. The Morgan fingerprint density at radius 1 is 1.56 bits per heavy atom. The molecule has 0 bridgehead atoms. The molecule has 48 valence electrons. The molecule has 0 aliphatic rings. The molecule has 0 amide bonds. The van der Waals surface area contributed by atoms with Gasteiger partial charge in [-0.2, -0.15) is 0 Å². The second-order valence-electron chi connectivity index (χ2n) is 1.78. The lowest BCUT2D eigenvalue weighted by Crippen LogP contribution is -1.82. The summed E-state index contributed by atoms with van der Waals surface area (Å²) in [6.45, 7) is 1.97. The van der Waals surface area contributed by atoms with Gasteiger partial charge in [-0.3, -0.25) is 4.98 Å². The highest BCUT2D eigenvalue weighted by Gasteiger charge is 1.85. The van der Waals surface area contributed by atoms with Gasteiger partial charge in [0.1, 0.15) is 0 Å². The molecule has 0 unspecified atom stereocenters. The summed E-state index contributed by atoms with van der Waals surface area (Å²) in [6, 6.07) is 3.97. The van der Waals surface area contributed by atoms with Crippen molar-refractivity contribution in [2.24, 2.45) is 0 Å². The van der Waals surface area contributed by atoms with Crippen molar-refractivity contribution in [3.8, 4) is 0 Å². The average molecular weight is 234 g/mol. The first-order valence-corrected chi connectivity index (χ1v) is 3.70. The van der Waals surface area contributed by atoms with Crippen LogP contribution < -0.4 is 3.53 Å². The predicted molar refractivity (Wildman–Crippen MR) is 46.6 cm³/mol. The van der Waals surface area contributed by atoms with E-state index in [0.29, 0.717) is 0 Å². The van der Waals surface area contributed by atoms with Crippen molar-refractivity contribution in [1.82, 2.24) is 4.98 Å². The quantitative estimate of drug-likeness (QED) is 0.594. The fourth-order valence-corrected chi connectivity index (χ4v) is 0.843. The number of hydrogen-bond acceptors (Lipinski definition) is 2. The second kappa shape index (κ2) is 3.00. The van der Waals surface area contributed by atoms with Crippen LogP contribution in [0.1, 0.15) is 5.69 Å². The largest absolute Gasteiger partial charge is 0.327 e. The molecule has 1 N–H and O–H groups in total. The summed E-state index contributed by atoms with van der Waals surface area (Å²) in [5, 5.41) is 0. The van der Waals surface area contributed by atoms with Crippen molar-refractivity contribution in [2.45, 2.75) is 6.92 Å². The molecule has 0 atom stereocenters. The van der Waals surface area contributed by atoms with E-state index in [4.69, 9.17) is 0 Å². The molecule has 1 heterocycles. The van der Waals surface area contributed by atoms with Gasteiger partial charge in [-0.05, 0) is 19.1 Å². The van der Waals surface area contributed by atoms with E-state index in [1.807, 2.05) is 25.3 Å². The minimum absolute atomic E-state index is 1.04. The molecule has 9 heavy (non-hydrogen) atoms. The molecule has 0 saturated carbocycles. The van der Waals surface area contributed by atoms with Crippen molar-refractivity contribution in [1.29, 1.82) is 0 Å². The first-order valence-electron chi connectivity index (χ1n) is 2.62. The summed E-state index contributed by atoms with van der Waals surface area (Å²) in [4.78, 5) is 4.08. The number of aryl methyl sites for hydroxylation is 1. The molecule has 2 nitrogen and oxygen atoms in total. The normalized spacial score (nSPS) is 9.11. The van der Waals surface area contributed by atoms with E-state index in [2.05, 4.69) is 31.4 Å². The van der Waals surface area contributed by atoms with E-state index in [1.54, 1.807) is 0 Å². The summed E-state index contributed by atoms with van der Waals surface area (Å²) >= 11 is 2.08. The minimum Gasteiger partial charge on any atom is -0.327 e. The molecule has 1 rings (SSSR count). The van der Waals surface area contributed by atoms with Crippen molar-refractivity contribution in [3.63, 3.8) is 0 Å². The van der Waals surface area contributed by atoms with Gasteiger partial charge in [-0.25, -0.2) is 0 Å². The molecule has 0 radical (unpaired) electrons. The highest BCUT2D eigenvalue weighted by molar-refractivity contribution is 14.1. The molecule has 0 fully saturated rings. The third-order valence-electron chi connectivity index (χ3n) is 1.02. The zero-order chi connectivity index (χ0) is 6.69. The summed E-state index contributed by atoms with van der Waals surface area (Å²) in [5.41, 5.74) is 2.09. The fourth-order valence-electron chi connectivity index (χ4n) is 0.524. The Morgan fingerprint density at radius 3 is 2.78 bits per heavy atom. The number of pyridine rings is 1. The van der Waals surface area contributed by atoms with Gasteiger partial charge in [-0.1, -0.05) is 0 Å². The van der Waals surface area contributed by atoms with Crippen LogP contribution >= 0.6 is 22.9 Å². The Hall–Kier alpha value is -0.320. The van der Waals surface area contributed by atoms with Crippen LogP contribution in [0.4, 0.5) is 5.69 Å². The zero-order valence-electron chi connectivity index (χ0n) is 5.06. The van der Waals surface area contributed by atoms with Crippen molar-refractivity contribution in [3.05, 3.63) is 24.0 Å². The fraction of sp³-hybridized carbons (Fsp3) is 0.167. The number of halogens is 1. The number of anilines is 1. The molecule has 0 aliphatic heterocycles. The molecule has 0 saturated heterocycles. The summed E-state index contributed by atoms with van der Waals surface area (Å²) in [5.74, 6) is 0. The Balaban J connectivity index is 2.88. The van der Waals surface area contributed by atoms with Gasteiger partial charge in [0.05, 0.1) is 34.7 Å². The van der Waals surface area contributed by atoms with Crippen LogP contribution in [0.2, 0.25) is 0 Å². The highest BCUT2D eigenvalue weighted by atomic mass is 127. The van der Waals surface area contributed by atoms with Gasteiger partial charge < -0.3 is 3.53 Å². The molecule has 0 spiro atoms. The first kappa shape index (κ1) is 6.80. The third-order valence-corrected chi connectivity index (χ3v) is 1.64. The Kier molecular flexibility index (Phi) is 2.27. The van der Waals surface area contributed by atoms with Gasteiger partial charge in [0.25, 0.3) is 0 Å². The van der Waals surface area contributed by atoms with Crippen molar-refractivity contribution in [2.75, 3.05) is 3.53 Å². The van der Waals surface area contributed by atoms with Gasteiger partial charge in [-0.15, -0.1) is 0 Å². The lowest BCUT2D eigenvalue weighted by molar-refractivity contribution is 1.21. The molecule has 1 aromatic rings. The Labute approximate surface area is 68.2 Å². The maximum absolute atomic E-state index is 4.08. The van der Waals surface area contributed by atoms with E-state index in [9.17, 15) is 0 Å². The van der Waals surface area contributed by atoms with Crippen LogP contribution in [-0.4, -0.2) is 4.98 Å². The van der Waals surface area contributed by atoms with Crippen molar-refractivity contribution >= 4 is 28.6 Å². The molecule has 0 aliphatic carbocycles. The maximum Gasteiger partial charge on any atom is 0.0613 e.